The van der Waals surface area contributed by atoms with Gasteiger partial charge in [0.25, 0.3) is 5.78 Å². The van der Waals surface area contributed by atoms with Gasteiger partial charge in [0.15, 0.2) is 0 Å². The van der Waals surface area contributed by atoms with Crippen molar-refractivity contribution in [3.63, 3.8) is 0 Å². The van der Waals surface area contributed by atoms with E-state index >= 15 is 0 Å². The second-order valence-electron chi connectivity index (χ2n) is 8.97. The van der Waals surface area contributed by atoms with E-state index in [1.54, 1.807) is 4.52 Å². The van der Waals surface area contributed by atoms with Crippen LogP contribution in [-0.2, 0) is 24.1 Å². The lowest BCUT2D eigenvalue weighted by atomic mass is 10.0. The third kappa shape index (κ3) is 4.06. The molecular weight excluding hydrogens is 388 g/mol. The second-order valence-corrected chi connectivity index (χ2v) is 8.97. The Kier molecular flexibility index (Phi) is 5.44. The molecule has 7 nitrogen and oxygen atoms in total. The zero-order chi connectivity index (χ0) is 21.4. The highest BCUT2D eigenvalue weighted by molar-refractivity contribution is 5.76. The zero-order valence-corrected chi connectivity index (χ0v) is 18.3. The number of nitrogens with one attached hydrogen (secondary N) is 1. The molecule has 2 aromatic heterocycles. The second kappa shape index (κ2) is 8.38. The summed E-state index contributed by atoms with van der Waals surface area (Å²) in [6.07, 6.45) is 7.12. The summed E-state index contributed by atoms with van der Waals surface area (Å²) in [4.78, 5) is 24.0. The molecule has 0 saturated carbocycles. The molecular formula is C24H30N6O. The van der Waals surface area contributed by atoms with Crippen LogP contribution in [0.1, 0.15) is 47.3 Å². The number of hydrogen-bond acceptors (Lipinski definition) is 5. The van der Waals surface area contributed by atoms with Gasteiger partial charge in [-0.05, 0) is 69.2 Å². The lowest BCUT2D eigenvalue weighted by molar-refractivity contribution is -0.122. The molecule has 1 saturated heterocycles. The summed E-state index contributed by atoms with van der Waals surface area (Å²) >= 11 is 0. The molecule has 1 aliphatic heterocycles. The van der Waals surface area contributed by atoms with Crippen molar-refractivity contribution in [1.29, 1.82) is 0 Å². The number of fused-ring (bicyclic) bond motifs is 2. The molecule has 0 radical (unpaired) electrons. The molecule has 1 unspecified atom stereocenters. The molecule has 1 aliphatic carbocycles. The lowest BCUT2D eigenvalue weighted by Crippen LogP contribution is -2.51. The molecule has 3 aromatic rings. The van der Waals surface area contributed by atoms with Crippen molar-refractivity contribution in [2.45, 2.75) is 64.5 Å². The summed E-state index contributed by atoms with van der Waals surface area (Å²) in [6.45, 7) is 6.08. The van der Waals surface area contributed by atoms with E-state index in [1.807, 2.05) is 13.8 Å². The molecule has 7 heteroatoms. The topological polar surface area (TPSA) is 75.4 Å². The van der Waals surface area contributed by atoms with Crippen molar-refractivity contribution >= 4 is 11.7 Å². The van der Waals surface area contributed by atoms with Gasteiger partial charge in [-0.1, -0.05) is 24.3 Å². The van der Waals surface area contributed by atoms with E-state index in [0.29, 0.717) is 24.7 Å². The monoisotopic (exact) mass is 418 g/mol. The molecule has 1 atom stereocenters. The molecule has 1 fully saturated rings. The van der Waals surface area contributed by atoms with Gasteiger partial charge in [0.05, 0.1) is 0 Å². The SMILES string of the molecule is Cc1nc2ncnn2c(C)c1CCC(=O)NC1CCCN(C2Cc3ccccc3C2)C1. The van der Waals surface area contributed by atoms with E-state index in [0.717, 1.165) is 55.7 Å². The first-order valence-corrected chi connectivity index (χ1v) is 11.3. The average Bonchev–Trinajstić information content (AvgIpc) is 3.40. The molecule has 0 spiro atoms. The van der Waals surface area contributed by atoms with Crippen LogP contribution in [-0.4, -0.2) is 55.6 Å². The molecule has 1 aromatic carbocycles. The van der Waals surface area contributed by atoms with Crippen molar-refractivity contribution in [3.8, 4) is 0 Å². The van der Waals surface area contributed by atoms with Crippen molar-refractivity contribution in [2.24, 2.45) is 0 Å². The first kappa shape index (κ1) is 20.1. The maximum absolute atomic E-state index is 12.7. The fraction of sp³-hybridized carbons (Fsp3) is 0.500. The van der Waals surface area contributed by atoms with Gasteiger partial charge >= 0.3 is 0 Å². The van der Waals surface area contributed by atoms with Gasteiger partial charge in [0.2, 0.25) is 5.91 Å². The molecule has 1 amide bonds. The molecule has 162 valence electrons. The van der Waals surface area contributed by atoms with Gasteiger partial charge in [-0.3, -0.25) is 9.69 Å². The molecule has 2 aliphatic rings. The average molecular weight is 419 g/mol. The number of rotatable bonds is 5. The number of carbonyl (C=O) groups is 1. The number of amides is 1. The number of aryl methyl sites for hydroxylation is 2. The van der Waals surface area contributed by atoms with Crippen LogP contribution in [0.25, 0.3) is 5.78 Å². The number of hydrogen-bond donors (Lipinski definition) is 1. The van der Waals surface area contributed by atoms with Crippen molar-refractivity contribution in [3.05, 3.63) is 58.7 Å². The number of likely N-dealkylation sites (tertiary alicyclic amines) is 1. The van der Waals surface area contributed by atoms with Crippen LogP contribution < -0.4 is 5.32 Å². The highest BCUT2D eigenvalue weighted by Crippen LogP contribution is 2.27. The van der Waals surface area contributed by atoms with Gasteiger partial charge < -0.3 is 5.32 Å². The Labute approximate surface area is 182 Å². The van der Waals surface area contributed by atoms with Gasteiger partial charge in [-0.15, -0.1) is 0 Å². The van der Waals surface area contributed by atoms with Crippen molar-refractivity contribution < 1.29 is 4.79 Å². The van der Waals surface area contributed by atoms with Crippen LogP contribution in [0.2, 0.25) is 0 Å². The van der Waals surface area contributed by atoms with Gasteiger partial charge in [-0.25, -0.2) is 9.50 Å². The predicted octanol–water partition coefficient (Wildman–Crippen LogP) is 2.42. The van der Waals surface area contributed by atoms with Gasteiger partial charge in [0.1, 0.15) is 6.33 Å². The van der Waals surface area contributed by atoms with E-state index in [-0.39, 0.29) is 11.9 Å². The van der Waals surface area contributed by atoms with Crippen LogP contribution in [0.5, 0.6) is 0 Å². The van der Waals surface area contributed by atoms with Crippen molar-refractivity contribution in [1.82, 2.24) is 29.8 Å². The number of benzene rings is 1. The third-order valence-corrected chi connectivity index (χ3v) is 6.95. The van der Waals surface area contributed by atoms with Gasteiger partial charge in [-0.2, -0.15) is 10.1 Å². The number of piperidine rings is 1. The fourth-order valence-corrected chi connectivity index (χ4v) is 5.31. The normalized spacial score (nSPS) is 19.6. The summed E-state index contributed by atoms with van der Waals surface area (Å²) in [7, 11) is 0. The molecule has 5 rings (SSSR count). The Hall–Kier alpha value is -2.80. The highest BCUT2D eigenvalue weighted by Gasteiger charge is 2.30. The largest absolute Gasteiger partial charge is 0.352 e. The first-order valence-electron chi connectivity index (χ1n) is 11.3. The highest BCUT2D eigenvalue weighted by atomic mass is 16.1. The van der Waals surface area contributed by atoms with E-state index in [2.05, 4.69) is 49.5 Å². The third-order valence-electron chi connectivity index (χ3n) is 6.95. The lowest BCUT2D eigenvalue weighted by Gasteiger charge is -2.37. The van der Waals surface area contributed by atoms with Crippen LogP contribution >= 0.6 is 0 Å². The van der Waals surface area contributed by atoms with Crippen LogP contribution in [0.4, 0.5) is 0 Å². The quantitative estimate of drug-likeness (QED) is 0.689. The summed E-state index contributed by atoms with van der Waals surface area (Å²) < 4.78 is 1.75. The number of nitrogens with zero attached hydrogens (tertiary/aromatic N) is 5. The smallest absolute Gasteiger partial charge is 0.252 e. The minimum atomic E-state index is 0.124. The van der Waals surface area contributed by atoms with E-state index in [9.17, 15) is 4.79 Å². The summed E-state index contributed by atoms with van der Waals surface area (Å²) in [5.74, 6) is 0.735. The van der Waals surface area contributed by atoms with E-state index in [4.69, 9.17) is 0 Å². The number of carbonyl (C=O) groups excluding carboxylic acids is 1. The molecule has 31 heavy (non-hydrogen) atoms. The molecule has 1 N–H and O–H groups in total. The first-order chi connectivity index (χ1) is 15.1. The Balaban J connectivity index is 1.17. The van der Waals surface area contributed by atoms with Crippen molar-refractivity contribution in [2.75, 3.05) is 13.1 Å². The van der Waals surface area contributed by atoms with Crippen LogP contribution in [0.15, 0.2) is 30.6 Å². The number of aromatic nitrogens is 4. The van der Waals surface area contributed by atoms with Gasteiger partial charge in [0, 0.05) is 36.4 Å². The minimum Gasteiger partial charge on any atom is -0.352 e. The summed E-state index contributed by atoms with van der Waals surface area (Å²) in [6, 6.07) is 9.60. The molecule has 3 heterocycles. The van der Waals surface area contributed by atoms with Crippen LogP contribution in [0.3, 0.4) is 0 Å². The zero-order valence-electron chi connectivity index (χ0n) is 18.3. The maximum Gasteiger partial charge on any atom is 0.252 e. The predicted molar refractivity (Wildman–Crippen MR) is 119 cm³/mol. The molecule has 0 bridgehead atoms. The summed E-state index contributed by atoms with van der Waals surface area (Å²) in [5, 5.41) is 7.54. The Morgan fingerprint density at radius 3 is 2.74 bits per heavy atom. The van der Waals surface area contributed by atoms with E-state index < -0.39 is 0 Å². The Morgan fingerprint density at radius 2 is 1.97 bits per heavy atom. The summed E-state index contributed by atoms with van der Waals surface area (Å²) in [5.41, 5.74) is 6.00. The Bertz CT molecular complexity index is 1080. The standard InChI is InChI=1S/C24H30N6O/c1-16-22(17(2)30-24(27-16)25-15-26-30)9-10-23(31)28-20-8-5-11-29(14-20)21-12-18-6-3-4-7-19(18)13-21/h3-4,6-7,15,20-21H,5,8-14H2,1-2H3,(H,28,31). The van der Waals surface area contributed by atoms with Crippen LogP contribution in [0, 0.1) is 13.8 Å². The fourth-order valence-electron chi connectivity index (χ4n) is 5.31. The Morgan fingerprint density at radius 1 is 1.19 bits per heavy atom. The maximum atomic E-state index is 12.7. The minimum absolute atomic E-state index is 0.124. The van der Waals surface area contributed by atoms with E-state index in [1.165, 1.54) is 17.5 Å².